The van der Waals surface area contributed by atoms with Crippen LogP contribution in [0.25, 0.3) is 5.65 Å². The molecule has 4 aromatic rings. The maximum atomic E-state index is 10.2. The Balaban J connectivity index is 0.000000206. The van der Waals surface area contributed by atoms with Crippen LogP contribution in [0.2, 0.25) is 0 Å². The standard InChI is InChI=1S/C12H17N5.C7H6BrNO.C6H7NO.C2H6/c1-9-7-14-11-3-4-12(15-17(9)11)16-6-5-10(8-16)13-2;1-5-2-6(4-10)9-3-7(5)8;1-8-6-3-2-4-7-5-6;1-2/h3-4,7,10,13H,5-6,8H2,1-2H3;2-4H,1H3;2-5H,1H3;1-2H3/t10-;;;/m0.../s1. The number of nitrogens with one attached hydrogen (secondary N) is 1. The second kappa shape index (κ2) is 15.7. The first-order chi connectivity index (χ1) is 17.9. The van der Waals surface area contributed by atoms with E-state index in [9.17, 15) is 4.79 Å². The van der Waals surface area contributed by atoms with Crippen LogP contribution < -0.4 is 15.0 Å². The smallest absolute Gasteiger partial charge is 0.168 e. The Kier molecular flexibility index (Phi) is 12.7. The summed E-state index contributed by atoms with van der Waals surface area (Å²) in [5.41, 5.74) is 3.49. The van der Waals surface area contributed by atoms with Gasteiger partial charge in [-0.05, 0) is 79.1 Å². The molecule has 1 aliphatic heterocycles. The minimum Gasteiger partial charge on any atom is -0.495 e. The second-order valence-electron chi connectivity index (χ2n) is 7.95. The molecule has 0 saturated carbocycles. The SMILES string of the molecule is CC.CN[C@H]1CCN(c2ccc3ncc(C)n3n2)C1.COc1cccnc1.Cc1cc(C=O)ncc1Br. The molecule has 0 radical (unpaired) electrons. The van der Waals surface area contributed by atoms with Crippen LogP contribution >= 0.6 is 15.9 Å². The van der Waals surface area contributed by atoms with Gasteiger partial charge >= 0.3 is 0 Å². The minimum atomic E-state index is 0.473. The maximum absolute atomic E-state index is 10.2. The molecule has 1 fully saturated rings. The molecule has 5 heterocycles. The molecule has 1 saturated heterocycles. The van der Waals surface area contributed by atoms with Crippen LogP contribution in [0.5, 0.6) is 5.75 Å². The lowest BCUT2D eigenvalue weighted by Crippen LogP contribution is -2.30. The van der Waals surface area contributed by atoms with Crippen molar-refractivity contribution in [1.29, 1.82) is 0 Å². The van der Waals surface area contributed by atoms with E-state index in [1.165, 1.54) is 6.42 Å². The first-order valence-corrected chi connectivity index (χ1v) is 13.0. The summed E-state index contributed by atoms with van der Waals surface area (Å²) in [6.45, 7) is 10.0. The number of hydrogen-bond donors (Lipinski definition) is 1. The lowest BCUT2D eigenvalue weighted by molar-refractivity contribution is 0.111. The highest BCUT2D eigenvalue weighted by molar-refractivity contribution is 9.10. The number of aromatic nitrogens is 5. The summed E-state index contributed by atoms with van der Waals surface area (Å²) in [4.78, 5) is 24.5. The van der Waals surface area contributed by atoms with Gasteiger partial charge in [0, 0.05) is 36.0 Å². The molecule has 0 unspecified atom stereocenters. The molecule has 0 spiro atoms. The number of rotatable bonds is 4. The summed E-state index contributed by atoms with van der Waals surface area (Å²) in [6, 6.07) is 10.1. The molecule has 5 rings (SSSR count). The van der Waals surface area contributed by atoms with Gasteiger partial charge in [-0.1, -0.05) is 13.8 Å². The monoisotopic (exact) mass is 569 g/mol. The molecule has 198 valence electrons. The maximum Gasteiger partial charge on any atom is 0.168 e. The molecule has 1 atom stereocenters. The summed E-state index contributed by atoms with van der Waals surface area (Å²) in [7, 11) is 3.64. The van der Waals surface area contributed by atoms with E-state index in [-0.39, 0.29) is 0 Å². The van der Waals surface area contributed by atoms with E-state index in [1.54, 1.807) is 31.8 Å². The van der Waals surface area contributed by atoms with Crippen molar-refractivity contribution in [3.8, 4) is 5.75 Å². The summed E-state index contributed by atoms with van der Waals surface area (Å²) in [5.74, 6) is 1.84. The highest BCUT2D eigenvalue weighted by Crippen LogP contribution is 2.18. The topological polar surface area (TPSA) is 97.5 Å². The molecule has 0 amide bonds. The number of nitrogens with zero attached hydrogens (tertiary/aromatic N) is 6. The van der Waals surface area contributed by atoms with Crippen LogP contribution in [0.4, 0.5) is 5.82 Å². The number of halogens is 1. The molecule has 10 heteroatoms. The molecular weight excluding hydrogens is 534 g/mol. The Morgan fingerprint density at radius 1 is 1.14 bits per heavy atom. The third-order valence-electron chi connectivity index (χ3n) is 5.50. The number of likely N-dealkylation sites (N-methyl/N-ethyl adjacent to an activating group) is 1. The lowest BCUT2D eigenvalue weighted by atomic mass is 10.2. The number of methoxy groups -OCH3 is 1. The van der Waals surface area contributed by atoms with Crippen LogP contribution in [-0.2, 0) is 0 Å². The van der Waals surface area contributed by atoms with Crippen molar-refractivity contribution in [2.75, 3.05) is 32.1 Å². The number of imidazole rings is 1. The first kappa shape index (κ1) is 29.9. The van der Waals surface area contributed by atoms with Gasteiger partial charge in [0.2, 0.25) is 0 Å². The number of aldehydes is 1. The number of hydrogen-bond acceptors (Lipinski definition) is 8. The fraction of sp³-hybridized carbons (Fsp3) is 0.370. The molecule has 4 aromatic heterocycles. The van der Waals surface area contributed by atoms with Gasteiger partial charge in [-0.15, -0.1) is 5.10 Å². The predicted molar refractivity (Wildman–Crippen MR) is 152 cm³/mol. The molecule has 9 nitrogen and oxygen atoms in total. The van der Waals surface area contributed by atoms with Crippen molar-refractivity contribution >= 4 is 33.7 Å². The fourth-order valence-electron chi connectivity index (χ4n) is 3.44. The zero-order chi connectivity index (χ0) is 27.2. The number of aryl methyl sites for hydroxylation is 2. The van der Waals surface area contributed by atoms with Crippen molar-refractivity contribution in [3.05, 3.63) is 76.5 Å². The Morgan fingerprint density at radius 2 is 1.92 bits per heavy atom. The highest BCUT2D eigenvalue weighted by atomic mass is 79.9. The van der Waals surface area contributed by atoms with E-state index in [0.717, 1.165) is 52.3 Å². The summed E-state index contributed by atoms with van der Waals surface area (Å²) < 4.78 is 7.69. The number of ether oxygens (including phenoxy) is 1. The summed E-state index contributed by atoms with van der Waals surface area (Å²) >= 11 is 3.28. The average Bonchev–Trinajstić information content (AvgIpc) is 3.59. The molecular formula is C27H36BrN7O2. The Labute approximate surface area is 227 Å². The van der Waals surface area contributed by atoms with Crippen LogP contribution in [0.15, 0.2) is 59.6 Å². The minimum absolute atomic E-state index is 0.473. The number of carbonyl (C=O) groups excluding carboxylic acids is 1. The van der Waals surface area contributed by atoms with Crippen molar-refractivity contribution < 1.29 is 9.53 Å². The molecule has 0 bridgehead atoms. The van der Waals surface area contributed by atoms with Gasteiger partial charge in [0.05, 0.1) is 25.2 Å². The third kappa shape index (κ3) is 8.91. The average molecular weight is 571 g/mol. The zero-order valence-corrected chi connectivity index (χ0v) is 23.9. The van der Waals surface area contributed by atoms with Gasteiger partial charge in [-0.3, -0.25) is 14.8 Å². The predicted octanol–water partition coefficient (Wildman–Crippen LogP) is 4.92. The number of pyridine rings is 2. The molecule has 0 aromatic carbocycles. The quantitative estimate of drug-likeness (QED) is 0.346. The Bertz CT molecular complexity index is 1230. The van der Waals surface area contributed by atoms with Crippen molar-refractivity contribution in [1.82, 2.24) is 29.9 Å². The third-order valence-corrected chi connectivity index (χ3v) is 6.33. The summed E-state index contributed by atoms with van der Waals surface area (Å²) in [5, 5.41) is 7.96. The van der Waals surface area contributed by atoms with E-state index in [1.807, 2.05) is 63.7 Å². The van der Waals surface area contributed by atoms with Crippen molar-refractivity contribution in [2.45, 2.75) is 40.2 Å². The number of anilines is 1. The van der Waals surface area contributed by atoms with E-state index in [0.29, 0.717) is 11.7 Å². The number of fused-ring (bicyclic) bond motifs is 1. The van der Waals surface area contributed by atoms with E-state index in [2.05, 4.69) is 52.3 Å². The van der Waals surface area contributed by atoms with Gasteiger partial charge in [0.15, 0.2) is 11.9 Å². The van der Waals surface area contributed by atoms with Gasteiger partial charge in [0.25, 0.3) is 0 Å². The van der Waals surface area contributed by atoms with Crippen LogP contribution in [0, 0.1) is 13.8 Å². The van der Waals surface area contributed by atoms with E-state index >= 15 is 0 Å². The van der Waals surface area contributed by atoms with Crippen LogP contribution in [-0.4, -0.2) is 64.1 Å². The van der Waals surface area contributed by atoms with Gasteiger partial charge < -0.3 is 15.0 Å². The molecule has 0 aliphatic carbocycles. The highest BCUT2D eigenvalue weighted by Gasteiger charge is 2.22. The van der Waals surface area contributed by atoms with E-state index in [4.69, 9.17) is 4.74 Å². The Morgan fingerprint density at radius 3 is 2.49 bits per heavy atom. The van der Waals surface area contributed by atoms with Crippen molar-refractivity contribution in [2.24, 2.45) is 0 Å². The molecule has 1 N–H and O–H groups in total. The largest absolute Gasteiger partial charge is 0.495 e. The van der Waals surface area contributed by atoms with Crippen LogP contribution in [0.1, 0.15) is 42.0 Å². The normalized spacial score (nSPS) is 13.9. The van der Waals surface area contributed by atoms with E-state index < -0.39 is 0 Å². The summed E-state index contributed by atoms with van der Waals surface area (Å²) in [6.07, 6.45) is 8.77. The van der Waals surface area contributed by atoms with Gasteiger partial charge in [-0.25, -0.2) is 9.50 Å². The number of carbonyl (C=O) groups is 1. The van der Waals surface area contributed by atoms with Gasteiger partial charge in [-0.2, -0.15) is 0 Å². The zero-order valence-electron chi connectivity index (χ0n) is 22.3. The van der Waals surface area contributed by atoms with Crippen molar-refractivity contribution in [3.63, 3.8) is 0 Å². The first-order valence-electron chi connectivity index (χ1n) is 12.2. The lowest BCUT2D eigenvalue weighted by Gasteiger charge is -2.17. The van der Waals surface area contributed by atoms with Crippen LogP contribution in [0.3, 0.4) is 0 Å². The molecule has 37 heavy (non-hydrogen) atoms. The molecule has 1 aliphatic rings. The second-order valence-corrected chi connectivity index (χ2v) is 8.80. The van der Waals surface area contributed by atoms with Gasteiger partial charge in [0.1, 0.15) is 17.3 Å². The Hall–Kier alpha value is -3.37. The fourth-order valence-corrected chi connectivity index (χ4v) is 3.66.